The van der Waals surface area contributed by atoms with Gasteiger partial charge in [0.1, 0.15) is 6.54 Å². The molecule has 18 heavy (non-hydrogen) atoms. The zero-order valence-corrected chi connectivity index (χ0v) is 9.41. The van der Waals surface area contributed by atoms with Crippen LogP contribution in [0.2, 0.25) is 0 Å². The summed E-state index contributed by atoms with van der Waals surface area (Å²) in [6.45, 7) is -1.64. The number of aliphatic hydroxyl groups is 1. The summed E-state index contributed by atoms with van der Waals surface area (Å²) >= 11 is 0. The van der Waals surface area contributed by atoms with Gasteiger partial charge in [-0.2, -0.15) is 13.2 Å². The van der Waals surface area contributed by atoms with Crippen LogP contribution in [-0.4, -0.2) is 40.9 Å². The minimum Gasteiger partial charge on any atom is -0.395 e. The SMILES string of the molecule is OCCN(CC(F)(F)F)c1nc2ccccc2[nH]1. The first-order chi connectivity index (χ1) is 8.49. The number of anilines is 1. The van der Waals surface area contributed by atoms with E-state index in [1.165, 1.54) is 0 Å². The molecule has 4 nitrogen and oxygen atoms in total. The number of nitrogens with zero attached hydrogens (tertiary/aromatic N) is 2. The van der Waals surface area contributed by atoms with Crippen molar-refractivity contribution in [2.24, 2.45) is 0 Å². The number of hydrogen-bond acceptors (Lipinski definition) is 3. The first kappa shape index (κ1) is 12.7. The van der Waals surface area contributed by atoms with Crippen LogP contribution < -0.4 is 4.90 Å². The Bertz CT molecular complexity index is 490. The number of rotatable bonds is 4. The van der Waals surface area contributed by atoms with E-state index in [1.807, 2.05) is 0 Å². The number of aromatic amines is 1. The molecule has 1 aromatic heterocycles. The van der Waals surface area contributed by atoms with Crippen molar-refractivity contribution in [3.8, 4) is 0 Å². The van der Waals surface area contributed by atoms with Crippen LogP contribution in [0.3, 0.4) is 0 Å². The highest BCUT2D eigenvalue weighted by molar-refractivity contribution is 5.77. The van der Waals surface area contributed by atoms with Crippen molar-refractivity contribution < 1.29 is 18.3 Å². The van der Waals surface area contributed by atoms with Gasteiger partial charge in [0.15, 0.2) is 0 Å². The van der Waals surface area contributed by atoms with Crippen molar-refractivity contribution in [1.29, 1.82) is 0 Å². The Labute approximate surface area is 101 Å². The van der Waals surface area contributed by atoms with Crippen molar-refractivity contribution in [2.45, 2.75) is 6.18 Å². The van der Waals surface area contributed by atoms with E-state index >= 15 is 0 Å². The van der Waals surface area contributed by atoms with E-state index in [9.17, 15) is 13.2 Å². The molecule has 0 atom stereocenters. The molecule has 0 saturated heterocycles. The van der Waals surface area contributed by atoms with Crippen LogP contribution >= 0.6 is 0 Å². The maximum Gasteiger partial charge on any atom is 0.406 e. The molecule has 0 aliphatic carbocycles. The number of imidazole rings is 1. The molecule has 2 rings (SSSR count). The molecule has 0 radical (unpaired) electrons. The summed E-state index contributed by atoms with van der Waals surface area (Å²) in [5, 5.41) is 8.82. The molecule has 98 valence electrons. The Hall–Kier alpha value is -1.76. The van der Waals surface area contributed by atoms with Gasteiger partial charge in [-0.3, -0.25) is 0 Å². The van der Waals surface area contributed by atoms with Crippen LogP contribution in [0, 0.1) is 0 Å². The van der Waals surface area contributed by atoms with E-state index in [4.69, 9.17) is 5.11 Å². The second-order valence-electron chi connectivity index (χ2n) is 3.84. The monoisotopic (exact) mass is 259 g/mol. The van der Waals surface area contributed by atoms with Crippen molar-refractivity contribution in [1.82, 2.24) is 9.97 Å². The lowest BCUT2D eigenvalue weighted by molar-refractivity contribution is -0.120. The van der Waals surface area contributed by atoms with Crippen LogP contribution in [0.15, 0.2) is 24.3 Å². The molecule has 1 heterocycles. The number of halogens is 3. The number of alkyl halides is 3. The smallest absolute Gasteiger partial charge is 0.395 e. The predicted molar refractivity (Wildman–Crippen MR) is 61.4 cm³/mol. The summed E-state index contributed by atoms with van der Waals surface area (Å²) in [6.07, 6.45) is -4.34. The molecule has 0 spiro atoms. The second-order valence-corrected chi connectivity index (χ2v) is 3.84. The highest BCUT2D eigenvalue weighted by atomic mass is 19.4. The molecule has 0 aliphatic rings. The standard InChI is InChI=1S/C11H12F3N3O/c12-11(13,14)7-17(5-6-18)10-15-8-3-1-2-4-9(8)16-10/h1-4,18H,5-7H2,(H,15,16). The lowest BCUT2D eigenvalue weighted by Gasteiger charge is -2.22. The van der Waals surface area contributed by atoms with E-state index in [1.54, 1.807) is 24.3 Å². The average molecular weight is 259 g/mol. The van der Waals surface area contributed by atoms with Gasteiger partial charge < -0.3 is 15.0 Å². The Kier molecular flexibility index (Phi) is 3.42. The van der Waals surface area contributed by atoms with Gasteiger partial charge >= 0.3 is 6.18 Å². The Morgan fingerprint density at radius 3 is 2.61 bits per heavy atom. The van der Waals surface area contributed by atoms with E-state index < -0.39 is 12.7 Å². The van der Waals surface area contributed by atoms with E-state index in [2.05, 4.69) is 9.97 Å². The van der Waals surface area contributed by atoms with Crippen LogP contribution in [0.25, 0.3) is 11.0 Å². The first-order valence-electron chi connectivity index (χ1n) is 5.37. The summed E-state index contributed by atoms with van der Waals surface area (Å²) in [5.74, 6) is 0.113. The molecule has 2 aromatic rings. The fraction of sp³-hybridized carbons (Fsp3) is 0.364. The molecule has 7 heteroatoms. The Morgan fingerprint density at radius 2 is 2.00 bits per heavy atom. The molecule has 0 fully saturated rings. The van der Waals surface area contributed by atoms with Crippen LogP contribution in [0.1, 0.15) is 0 Å². The summed E-state index contributed by atoms with van der Waals surface area (Å²) in [4.78, 5) is 7.85. The van der Waals surface area contributed by atoms with Crippen molar-refractivity contribution in [3.63, 3.8) is 0 Å². The summed E-state index contributed by atoms with van der Waals surface area (Å²) in [6, 6.07) is 6.97. The molecule has 1 aromatic carbocycles. The molecular weight excluding hydrogens is 247 g/mol. The second kappa shape index (κ2) is 4.85. The highest BCUT2D eigenvalue weighted by Crippen LogP contribution is 2.22. The van der Waals surface area contributed by atoms with Crippen molar-refractivity contribution in [2.75, 3.05) is 24.6 Å². The molecule has 0 amide bonds. The summed E-state index contributed by atoms with van der Waals surface area (Å²) in [7, 11) is 0. The molecule has 0 aliphatic heterocycles. The van der Waals surface area contributed by atoms with Gasteiger partial charge in [-0.05, 0) is 12.1 Å². The largest absolute Gasteiger partial charge is 0.406 e. The lowest BCUT2D eigenvalue weighted by atomic mass is 10.3. The van der Waals surface area contributed by atoms with Gasteiger partial charge in [0.05, 0.1) is 17.6 Å². The van der Waals surface area contributed by atoms with Crippen molar-refractivity contribution in [3.05, 3.63) is 24.3 Å². The van der Waals surface area contributed by atoms with Crippen LogP contribution in [-0.2, 0) is 0 Å². The van der Waals surface area contributed by atoms with Crippen molar-refractivity contribution >= 4 is 17.0 Å². The number of benzene rings is 1. The number of hydrogen-bond donors (Lipinski definition) is 2. The first-order valence-corrected chi connectivity index (χ1v) is 5.37. The number of aliphatic hydroxyl groups excluding tert-OH is 1. The van der Waals surface area contributed by atoms with Gasteiger partial charge in [-0.15, -0.1) is 0 Å². The van der Waals surface area contributed by atoms with Crippen LogP contribution in [0.4, 0.5) is 19.1 Å². The quantitative estimate of drug-likeness (QED) is 0.882. The fourth-order valence-electron chi connectivity index (χ4n) is 1.69. The number of fused-ring (bicyclic) bond motifs is 1. The predicted octanol–water partition coefficient (Wildman–Crippen LogP) is 1.92. The van der Waals surface area contributed by atoms with E-state index in [0.717, 1.165) is 4.90 Å². The lowest BCUT2D eigenvalue weighted by Crippen LogP contribution is -2.36. The van der Waals surface area contributed by atoms with Gasteiger partial charge in [0, 0.05) is 6.54 Å². The zero-order chi connectivity index (χ0) is 13.2. The minimum atomic E-state index is -4.34. The molecule has 0 bridgehead atoms. The molecule has 0 unspecified atom stereocenters. The van der Waals surface area contributed by atoms with E-state index in [0.29, 0.717) is 11.0 Å². The third kappa shape index (κ3) is 2.92. The Balaban J connectivity index is 2.29. The minimum absolute atomic E-state index is 0.113. The third-order valence-electron chi connectivity index (χ3n) is 2.42. The fourth-order valence-corrected chi connectivity index (χ4v) is 1.69. The number of para-hydroxylation sites is 2. The molecular formula is C11H12F3N3O. The van der Waals surface area contributed by atoms with Gasteiger partial charge in [0.2, 0.25) is 5.95 Å². The number of aromatic nitrogens is 2. The van der Waals surface area contributed by atoms with Crippen LogP contribution in [0.5, 0.6) is 0 Å². The average Bonchev–Trinajstić information content (AvgIpc) is 2.70. The van der Waals surface area contributed by atoms with Gasteiger partial charge in [-0.25, -0.2) is 4.98 Å². The topological polar surface area (TPSA) is 52.1 Å². The van der Waals surface area contributed by atoms with E-state index in [-0.39, 0.29) is 19.1 Å². The highest BCUT2D eigenvalue weighted by Gasteiger charge is 2.31. The molecule has 0 saturated carbocycles. The number of nitrogens with one attached hydrogen (secondary N) is 1. The maximum atomic E-state index is 12.4. The maximum absolute atomic E-state index is 12.4. The third-order valence-corrected chi connectivity index (χ3v) is 2.42. The number of H-pyrrole nitrogens is 1. The Morgan fingerprint density at radius 1 is 1.28 bits per heavy atom. The summed E-state index contributed by atoms with van der Waals surface area (Å²) in [5.41, 5.74) is 1.26. The molecule has 2 N–H and O–H groups in total. The normalized spacial score (nSPS) is 12.0. The van der Waals surface area contributed by atoms with Gasteiger partial charge in [-0.1, -0.05) is 12.1 Å². The zero-order valence-electron chi connectivity index (χ0n) is 9.41. The summed E-state index contributed by atoms with van der Waals surface area (Å²) < 4.78 is 37.2. The van der Waals surface area contributed by atoms with Gasteiger partial charge in [0.25, 0.3) is 0 Å².